The third kappa shape index (κ3) is 1.40. The molecule has 2 bridgehead atoms. The van der Waals surface area contributed by atoms with E-state index in [0.29, 0.717) is 10.0 Å². The molecule has 3 aliphatic carbocycles. The predicted octanol–water partition coefficient (Wildman–Crippen LogP) is 5.02. The number of benzene rings is 1. The summed E-state index contributed by atoms with van der Waals surface area (Å²) in [5.41, 5.74) is 0.611. The summed E-state index contributed by atoms with van der Waals surface area (Å²) in [6.07, 6.45) is 0.671. The van der Waals surface area contributed by atoms with Gasteiger partial charge in [0.15, 0.2) is 0 Å². The highest BCUT2D eigenvalue weighted by Crippen LogP contribution is 2.82. The largest absolute Gasteiger partial charge is 0.484 e. The molecular formula is C11H9BCl2F3-. The maximum absolute atomic E-state index is 12.8. The molecule has 92 valence electrons. The number of rotatable bonds is 2. The van der Waals surface area contributed by atoms with Crippen molar-refractivity contribution < 1.29 is 12.9 Å². The van der Waals surface area contributed by atoms with Crippen molar-refractivity contribution in [1.29, 1.82) is 0 Å². The smallest absolute Gasteiger partial charge is 0.449 e. The molecule has 0 heterocycles. The lowest BCUT2D eigenvalue weighted by atomic mass is 9.23. The van der Waals surface area contributed by atoms with Gasteiger partial charge in [-0.1, -0.05) is 53.8 Å². The number of hydrogen-bond donors (Lipinski definition) is 0. The quantitative estimate of drug-likeness (QED) is 0.667. The first-order valence-corrected chi connectivity index (χ1v) is 6.19. The van der Waals surface area contributed by atoms with Crippen LogP contribution in [0.25, 0.3) is 0 Å². The number of hydrogen-bond acceptors (Lipinski definition) is 0. The van der Waals surface area contributed by atoms with Gasteiger partial charge in [0.1, 0.15) is 0 Å². The van der Waals surface area contributed by atoms with E-state index in [2.05, 4.69) is 0 Å². The Labute approximate surface area is 107 Å². The van der Waals surface area contributed by atoms with Gasteiger partial charge in [-0.2, -0.15) is 0 Å². The van der Waals surface area contributed by atoms with Gasteiger partial charge in [-0.05, 0) is 23.1 Å². The van der Waals surface area contributed by atoms with Gasteiger partial charge in [-0.15, -0.1) is 0 Å². The standard InChI is InChI=1S/C11H9BCl2F3/c13-8-2-1-7(3-9(8)14)10-4-11(5-10,6-10)12(15,16)17/h1-3H,4-6H2/q-1. The topological polar surface area (TPSA) is 0 Å². The van der Waals surface area contributed by atoms with Crippen molar-refractivity contribution in [3.8, 4) is 0 Å². The fraction of sp³-hybridized carbons (Fsp3) is 0.455. The molecule has 0 amide bonds. The van der Waals surface area contributed by atoms with Crippen LogP contribution in [0.5, 0.6) is 0 Å². The zero-order chi connectivity index (χ0) is 12.5. The maximum atomic E-state index is 12.8. The van der Waals surface area contributed by atoms with E-state index in [-0.39, 0.29) is 24.7 Å². The monoisotopic (exact) mass is 279 g/mol. The molecule has 3 aliphatic rings. The Hall–Kier alpha value is -0.345. The first kappa shape index (κ1) is 11.7. The first-order valence-electron chi connectivity index (χ1n) is 5.43. The minimum absolute atomic E-state index is 0.224. The molecule has 0 N–H and O–H groups in total. The second kappa shape index (κ2) is 3.15. The van der Waals surface area contributed by atoms with Crippen molar-refractivity contribution in [2.24, 2.45) is 0 Å². The zero-order valence-electron chi connectivity index (χ0n) is 8.82. The molecule has 0 saturated heterocycles. The van der Waals surface area contributed by atoms with Crippen molar-refractivity contribution in [3.63, 3.8) is 0 Å². The molecule has 0 radical (unpaired) electrons. The van der Waals surface area contributed by atoms with E-state index < -0.39 is 12.3 Å². The molecule has 6 heteroatoms. The van der Waals surface area contributed by atoms with Gasteiger partial charge in [0.2, 0.25) is 0 Å². The Kier molecular flexibility index (Phi) is 2.18. The van der Waals surface area contributed by atoms with Gasteiger partial charge < -0.3 is 12.9 Å². The van der Waals surface area contributed by atoms with E-state index in [0.717, 1.165) is 5.56 Å². The van der Waals surface area contributed by atoms with E-state index in [1.54, 1.807) is 18.2 Å². The van der Waals surface area contributed by atoms with Crippen LogP contribution in [0.3, 0.4) is 0 Å². The molecule has 1 aromatic rings. The highest BCUT2D eigenvalue weighted by Gasteiger charge is 2.74. The molecule has 4 rings (SSSR count). The van der Waals surface area contributed by atoms with Gasteiger partial charge in [0, 0.05) is 0 Å². The second-order valence-corrected chi connectivity index (χ2v) is 6.19. The van der Waals surface area contributed by atoms with Crippen molar-refractivity contribution in [1.82, 2.24) is 0 Å². The molecule has 17 heavy (non-hydrogen) atoms. The van der Waals surface area contributed by atoms with E-state index >= 15 is 0 Å². The summed E-state index contributed by atoms with van der Waals surface area (Å²) >= 11 is 11.7. The van der Waals surface area contributed by atoms with Crippen LogP contribution in [0, 0.1) is 0 Å². The third-order valence-electron chi connectivity index (χ3n) is 4.30. The van der Waals surface area contributed by atoms with Crippen LogP contribution in [-0.4, -0.2) is 6.98 Å². The van der Waals surface area contributed by atoms with Gasteiger partial charge in [-0.3, -0.25) is 0 Å². The molecule has 0 unspecified atom stereocenters. The highest BCUT2D eigenvalue weighted by molar-refractivity contribution is 6.63. The van der Waals surface area contributed by atoms with Crippen molar-refractivity contribution in [3.05, 3.63) is 33.8 Å². The van der Waals surface area contributed by atoms with Crippen molar-refractivity contribution in [2.45, 2.75) is 30.0 Å². The molecule has 0 aliphatic heterocycles. The molecule has 3 saturated carbocycles. The van der Waals surface area contributed by atoms with E-state index in [1.165, 1.54) is 0 Å². The maximum Gasteiger partial charge on any atom is 0.484 e. The van der Waals surface area contributed by atoms with Crippen LogP contribution in [0.1, 0.15) is 24.8 Å². The van der Waals surface area contributed by atoms with E-state index in [1.807, 2.05) is 0 Å². The average Bonchev–Trinajstić information content (AvgIpc) is 2.03. The molecule has 0 nitrogen and oxygen atoms in total. The van der Waals surface area contributed by atoms with E-state index in [9.17, 15) is 12.9 Å². The Bertz CT molecular complexity index is 478. The predicted molar refractivity (Wildman–Crippen MR) is 63.8 cm³/mol. The minimum Gasteiger partial charge on any atom is -0.449 e. The van der Waals surface area contributed by atoms with Crippen LogP contribution in [0.2, 0.25) is 15.4 Å². The Morgan fingerprint density at radius 1 is 1.00 bits per heavy atom. The van der Waals surface area contributed by atoms with Crippen LogP contribution in [0.4, 0.5) is 12.9 Å². The van der Waals surface area contributed by atoms with Crippen LogP contribution in [-0.2, 0) is 5.41 Å². The molecule has 0 atom stereocenters. The average molecular weight is 280 g/mol. The molecule has 0 spiro atoms. The van der Waals surface area contributed by atoms with Gasteiger partial charge >= 0.3 is 6.98 Å². The summed E-state index contributed by atoms with van der Waals surface area (Å²) in [5, 5.41) is -0.497. The second-order valence-electron chi connectivity index (χ2n) is 5.38. The normalized spacial score (nSPS) is 35.1. The Balaban J connectivity index is 1.85. The summed E-state index contributed by atoms with van der Waals surface area (Å²) in [4.78, 5) is 0. The van der Waals surface area contributed by atoms with Gasteiger partial charge in [-0.25, -0.2) is 0 Å². The SMILES string of the molecule is F[B-](F)(F)C12CC(c3ccc(Cl)c(Cl)c3)(C1)C2. The third-order valence-corrected chi connectivity index (χ3v) is 5.04. The van der Waals surface area contributed by atoms with Crippen molar-refractivity contribution in [2.75, 3.05) is 0 Å². The zero-order valence-corrected chi connectivity index (χ0v) is 10.3. The summed E-state index contributed by atoms with van der Waals surface area (Å²) in [7, 11) is 0. The fourth-order valence-electron chi connectivity index (χ4n) is 3.35. The molecule has 3 fully saturated rings. The van der Waals surface area contributed by atoms with Crippen molar-refractivity contribution >= 4 is 30.2 Å². The van der Waals surface area contributed by atoms with Gasteiger partial charge in [0.25, 0.3) is 0 Å². The molecular weight excluding hydrogens is 271 g/mol. The van der Waals surface area contributed by atoms with Crippen LogP contribution < -0.4 is 0 Å². The van der Waals surface area contributed by atoms with Gasteiger partial charge in [0.05, 0.1) is 10.0 Å². The Morgan fingerprint density at radius 3 is 2.06 bits per heavy atom. The van der Waals surface area contributed by atoms with Crippen LogP contribution >= 0.6 is 23.2 Å². The molecule has 1 aromatic carbocycles. The number of halogens is 5. The van der Waals surface area contributed by atoms with Crippen LogP contribution in [0.15, 0.2) is 18.2 Å². The fourth-order valence-corrected chi connectivity index (χ4v) is 3.64. The first-order chi connectivity index (χ1) is 7.78. The lowest BCUT2D eigenvalue weighted by molar-refractivity contribution is -0.0400. The molecule has 0 aromatic heterocycles. The summed E-state index contributed by atoms with van der Waals surface area (Å²) in [6, 6.07) is 5.15. The Morgan fingerprint density at radius 2 is 1.59 bits per heavy atom. The summed E-state index contributed by atoms with van der Waals surface area (Å²) < 4.78 is 38.3. The summed E-state index contributed by atoms with van der Waals surface area (Å²) in [5.74, 6) is 0. The van der Waals surface area contributed by atoms with E-state index in [4.69, 9.17) is 23.2 Å². The lowest BCUT2D eigenvalue weighted by Gasteiger charge is -2.75. The highest BCUT2D eigenvalue weighted by atomic mass is 35.5. The minimum atomic E-state index is -4.71. The summed E-state index contributed by atoms with van der Waals surface area (Å²) in [6.45, 7) is -4.71. The lowest BCUT2D eigenvalue weighted by Crippen LogP contribution is -2.67.